The Morgan fingerprint density at radius 3 is 2.55 bits per heavy atom. The van der Waals surface area contributed by atoms with Crippen LogP contribution in [0, 0.1) is 0 Å². The molecule has 104 valence electrons. The molecule has 0 aliphatic rings. The van der Waals surface area contributed by atoms with Crippen molar-refractivity contribution in [1.29, 1.82) is 0 Å². The van der Waals surface area contributed by atoms with Crippen LogP contribution in [-0.4, -0.2) is 23.4 Å². The number of anilines is 2. The van der Waals surface area contributed by atoms with Gasteiger partial charge in [0, 0.05) is 11.1 Å². The van der Waals surface area contributed by atoms with Gasteiger partial charge in [0.15, 0.2) is 11.7 Å². The summed E-state index contributed by atoms with van der Waals surface area (Å²) in [4.78, 5) is 26.3. The molecular formula is C12H12N4O3S. The minimum Gasteiger partial charge on any atom is -0.484 e. The van der Waals surface area contributed by atoms with Crippen LogP contribution in [0.5, 0.6) is 5.75 Å². The first-order chi connectivity index (χ1) is 9.54. The molecule has 20 heavy (non-hydrogen) atoms. The Labute approximate surface area is 118 Å². The molecule has 0 aliphatic heterocycles. The highest BCUT2D eigenvalue weighted by Crippen LogP contribution is 2.17. The van der Waals surface area contributed by atoms with E-state index in [1.54, 1.807) is 29.6 Å². The molecule has 0 spiro atoms. The van der Waals surface area contributed by atoms with Crippen molar-refractivity contribution in [3.8, 4) is 5.75 Å². The highest BCUT2D eigenvalue weighted by Gasteiger charge is 2.09. The molecule has 1 aromatic carbocycles. The first-order valence-corrected chi connectivity index (χ1v) is 6.46. The van der Waals surface area contributed by atoms with E-state index in [2.05, 4.69) is 10.3 Å². The number of nitrogens with one attached hydrogen (secondary N) is 1. The van der Waals surface area contributed by atoms with Crippen molar-refractivity contribution in [3.63, 3.8) is 0 Å². The lowest BCUT2D eigenvalue weighted by Crippen LogP contribution is -2.20. The summed E-state index contributed by atoms with van der Waals surface area (Å²) in [5.41, 5.74) is 11.3. The average Bonchev–Trinajstić information content (AvgIpc) is 2.85. The summed E-state index contributed by atoms with van der Waals surface area (Å²) in [6, 6.07) is 6.52. The number of carbonyl (C=O) groups excluding carboxylic acids is 2. The quantitative estimate of drug-likeness (QED) is 0.754. The number of ether oxygens (including phenoxy) is 1. The Balaban J connectivity index is 1.96. The highest BCUT2D eigenvalue weighted by atomic mass is 32.1. The van der Waals surface area contributed by atoms with Gasteiger partial charge in [-0.3, -0.25) is 9.59 Å². The first-order valence-electron chi connectivity index (χ1n) is 5.58. The van der Waals surface area contributed by atoms with E-state index in [0.717, 1.165) is 0 Å². The Hall–Kier alpha value is -2.61. The molecule has 5 N–H and O–H groups in total. The van der Waals surface area contributed by atoms with Gasteiger partial charge in [0.1, 0.15) is 11.4 Å². The van der Waals surface area contributed by atoms with Gasteiger partial charge in [-0.15, -0.1) is 11.3 Å². The molecule has 0 radical (unpaired) electrons. The molecule has 8 heteroatoms. The zero-order valence-corrected chi connectivity index (χ0v) is 11.1. The molecule has 1 heterocycles. The number of nitrogen functional groups attached to an aromatic ring is 1. The van der Waals surface area contributed by atoms with E-state index in [9.17, 15) is 9.59 Å². The van der Waals surface area contributed by atoms with Crippen molar-refractivity contribution in [1.82, 2.24) is 4.98 Å². The summed E-state index contributed by atoms with van der Waals surface area (Å²) >= 11 is 1.20. The third kappa shape index (κ3) is 3.69. The lowest BCUT2D eigenvalue weighted by molar-refractivity contribution is -0.119. The Kier molecular flexibility index (Phi) is 4.16. The van der Waals surface area contributed by atoms with E-state index >= 15 is 0 Å². The second-order valence-electron chi connectivity index (χ2n) is 3.80. The second-order valence-corrected chi connectivity index (χ2v) is 4.69. The van der Waals surface area contributed by atoms with Crippen molar-refractivity contribution in [3.05, 3.63) is 35.3 Å². The van der Waals surface area contributed by atoms with E-state index in [1.165, 1.54) is 11.3 Å². The zero-order valence-electron chi connectivity index (χ0n) is 10.3. The number of rotatable bonds is 5. The van der Waals surface area contributed by atoms with E-state index in [-0.39, 0.29) is 18.2 Å². The molecule has 0 atom stereocenters. The van der Waals surface area contributed by atoms with Gasteiger partial charge in [-0.05, 0) is 24.3 Å². The van der Waals surface area contributed by atoms with E-state index in [1.807, 2.05) is 0 Å². The number of hydrogen-bond acceptors (Lipinski definition) is 6. The smallest absolute Gasteiger partial charge is 0.275 e. The lowest BCUT2D eigenvalue weighted by Gasteiger charge is -2.06. The predicted molar refractivity (Wildman–Crippen MR) is 75.6 cm³/mol. The van der Waals surface area contributed by atoms with Crippen LogP contribution in [0.4, 0.5) is 10.8 Å². The fourth-order valence-corrected chi connectivity index (χ4v) is 1.92. The van der Waals surface area contributed by atoms with Gasteiger partial charge < -0.3 is 21.5 Å². The molecule has 0 unspecified atom stereocenters. The third-order valence-corrected chi connectivity index (χ3v) is 2.92. The predicted octanol–water partition coefficient (Wildman–Crippen LogP) is 0.842. The number of benzene rings is 1. The van der Waals surface area contributed by atoms with Gasteiger partial charge >= 0.3 is 0 Å². The monoisotopic (exact) mass is 292 g/mol. The van der Waals surface area contributed by atoms with Crippen molar-refractivity contribution in [2.75, 3.05) is 17.7 Å². The largest absolute Gasteiger partial charge is 0.484 e. The molecule has 1 aromatic heterocycles. The molecule has 0 saturated carbocycles. The minimum atomic E-state index is -0.552. The van der Waals surface area contributed by atoms with Crippen LogP contribution in [0.15, 0.2) is 29.6 Å². The summed E-state index contributed by atoms with van der Waals surface area (Å²) < 4.78 is 5.10. The van der Waals surface area contributed by atoms with Crippen molar-refractivity contribution in [2.24, 2.45) is 5.73 Å². The van der Waals surface area contributed by atoms with Crippen LogP contribution in [-0.2, 0) is 4.79 Å². The first kappa shape index (κ1) is 13.8. The molecule has 2 rings (SSSR count). The molecule has 0 saturated heterocycles. The normalized spacial score (nSPS) is 10.0. The van der Waals surface area contributed by atoms with Gasteiger partial charge in [-0.25, -0.2) is 4.98 Å². The Morgan fingerprint density at radius 1 is 1.30 bits per heavy atom. The van der Waals surface area contributed by atoms with Gasteiger partial charge in [-0.2, -0.15) is 0 Å². The maximum Gasteiger partial charge on any atom is 0.275 e. The molecular weight excluding hydrogens is 280 g/mol. The standard InChI is InChI=1S/C12H12N4O3S/c13-10(17)5-19-8-3-1-7(2-4-8)15-11(18)9-6-20-12(14)16-9/h1-4,6H,5H2,(H2,13,17)(H2,14,16)(H,15,18). The van der Waals surface area contributed by atoms with Crippen LogP contribution in [0.25, 0.3) is 0 Å². The molecule has 2 amide bonds. The number of thiazole rings is 1. The number of aromatic nitrogens is 1. The Bertz CT molecular complexity index is 624. The average molecular weight is 292 g/mol. The minimum absolute atomic E-state index is 0.191. The van der Waals surface area contributed by atoms with Crippen LogP contribution in [0.1, 0.15) is 10.5 Å². The topological polar surface area (TPSA) is 120 Å². The molecule has 2 aromatic rings. The summed E-state index contributed by atoms with van der Waals surface area (Å²) in [5.74, 6) is -0.410. The summed E-state index contributed by atoms with van der Waals surface area (Å²) in [5, 5.41) is 4.58. The van der Waals surface area contributed by atoms with Crippen LogP contribution in [0.3, 0.4) is 0 Å². The summed E-state index contributed by atoms with van der Waals surface area (Å²) in [7, 11) is 0. The van der Waals surface area contributed by atoms with Crippen molar-refractivity contribution in [2.45, 2.75) is 0 Å². The van der Waals surface area contributed by atoms with Gasteiger partial charge in [-0.1, -0.05) is 0 Å². The van der Waals surface area contributed by atoms with Crippen LogP contribution >= 0.6 is 11.3 Å². The molecule has 0 aliphatic carbocycles. The number of amides is 2. The van der Waals surface area contributed by atoms with Crippen molar-refractivity contribution >= 4 is 34.0 Å². The van der Waals surface area contributed by atoms with Crippen LogP contribution < -0.4 is 21.5 Å². The maximum atomic E-state index is 11.8. The van der Waals surface area contributed by atoms with Gasteiger partial charge in [0.05, 0.1) is 0 Å². The number of nitrogens with two attached hydrogens (primary N) is 2. The van der Waals surface area contributed by atoms with Crippen molar-refractivity contribution < 1.29 is 14.3 Å². The van der Waals surface area contributed by atoms with Gasteiger partial charge in [0.25, 0.3) is 11.8 Å². The van der Waals surface area contributed by atoms with E-state index in [4.69, 9.17) is 16.2 Å². The number of nitrogens with zero attached hydrogens (tertiary/aromatic N) is 1. The van der Waals surface area contributed by atoms with E-state index < -0.39 is 5.91 Å². The highest BCUT2D eigenvalue weighted by molar-refractivity contribution is 7.13. The maximum absolute atomic E-state index is 11.8. The number of primary amides is 1. The lowest BCUT2D eigenvalue weighted by atomic mass is 10.3. The summed E-state index contributed by atoms with van der Waals surface area (Å²) in [6.07, 6.45) is 0. The fourth-order valence-electron chi connectivity index (χ4n) is 1.38. The fraction of sp³-hybridized carbons (Fsp3) is 0.0833. The molecule has 0 fully saturated rings. The molecule has 0 bridgehead atoms. The zero-order chi connectivity index (χ0) is 14.5. The van der Waals surface area contributed by atoms with E-state index in [0.29, 0.717) is 16.6 Å². The van der Waals surface area contributed by atoms with Crippen LogP contribution in [0.2, 0.25) is 0 Å². The molecule has 7 nitrogen and oxygen atoms in total. The van der Waals surface area contributed by atoms with Gasteiger partial charge in [0.2, 0.25) is 0 Å². The number of hydrogen-bond donors (Lipinski definition) is 3. The second kappa shape index (κ2) is 6.02. The number of carbonyl (C=O) groups is 2. The Morgan fingerprint density at radius 2 is 2.00 bits per heavy atom. The summed E-state index contributed by atoms with van der Waals surface area (Å²) in [6.45, 7) is -0.191. The SMILES string of the molecule is NC(=O)COc1ccc(NC(=O)c2csc(N)n2)cc1. The third-order valence-electron chi connectivity index (χ3n) is 2.25.